The quantitative estimate of drug-likeness (QED) is 0.577. The van der Waals surface area contributed by atoms with Crippen molar-refractivity contribution in [2.45, 2.75) is 13.3 Å². The van der Waals surface area contributed by atoms with Gasteiger partial charge in [-0.05, 0) is 42.7 Å². The zero-order valence-corrected chi connectivity index (χ0v) is 15.6. The Morgan fingerprint density at radius 2 is 1.75 bits per heavy atom. The molecule has 0 radical (unpaired) electrons. The van der Waals surface area contributed by atoms with Gasteiger partial charge in [-0.15, -0.1) is 5.10 Å². The first-order chi connectivity index (χ1) is 13.6. The van der Waals surface area contributed by atoms with Crippen molar-refractivity contribution in [2.24, 2.45) is 7.05 Å². The van der Waals surface area contributed by atoms with Gasteiger partial charge < -0.3 is 4.42 Å². The predicted molar refractivity (Wildman–Crippen MR) is 105 cm³/mol. The van der Waals surface area contributed by atoms with Gasteiger partial charge >= 0.3 is 6.01 Å². The monoisotopic (exact) mass is 373 g/mol. The number of nitrogens with one attached hydrogen (secondary N) is 1. The first kappa shape index (κ1) is 17.7. The van der Waals surface area contributed by atoms with Crippen LogP contribution < -0.4 is 5.32 Å². The van der Waals surface area contributed by atoms with Crippen molar-refractivity contribution in [2.75, 3.05) is 5.32 Å². The average molecular weight is 373 g/mol. The Hall–Kier alpha value is -3.74. The van der Waals surface area contributed by atoms with Crippen LogP contribution in [0.2, 0.25) is 0 Å². The molecule has 0 unspecified atom stereocenters. The highest BCUT2D eigenvalue weighted by atomic mass is 16.4. The maximum atomic E-state index is 12.4. The lowest BCUT2D eigenvalue weighted by atomic mass is 10.0. The zero-order valence-electron chi connectivity index (χ0n) is 15.6. The van der Waals surface area contributed by atoms with E-state index >= 15 is 0 Å². The van der Waals surface area contributed by atoms with Crippen LogP contribution in [0.25, 0.3) is 11.6 Å². The topological polar surface area (TPSA) is 85.8 Å². The number of aryl methyl sites for hydroxylation is 2. The van der Waals surface area contributed by atoms with Gasteiger partial charge in [0, 0.05) is 18.3 Å². The van der Waals surface area contributed by atoms with E-state index in [1.807, 2.05) is 50.4 Å². The highest BCUT2D eigenvalue weighted by molar-refractivity contribution is 6.03. The van der Waals surface area contributed by atoms with Crippen LogP contribution in [0.4, 0.5) is 6.01 Å². The zero-order chi connectivity index (χ0) is 19.5. The first-order valence-corrected chi connectivity index (χ1v) is 8.87. The Labute approximate surface area is 162 Å². The lowest BCUT2D eigenvalue weighted by Crippen LogP contribution is -2.12. The van der Waals surface area contributed by atoms with Crippen LogP contribution in [-0.2, 0) is 13.5 Å². The summed E-state index contributed by atoms with van der Waals surface area (Å²) in [6, 6.07) is 19.5. The summed E-state index contributed by atoms with van der Waals surface area (Å²) in [4.78, 5) is 12.4. The summed E-state index contributed by atoms with van der Waals surface area (Å²) in [7, 11) is 1.83. The number of aromatic nitrogens is 4. The average Bonchev–Trinajstić information content (AvgIpc) is 3.30. The van der Waals surface area contributed by atoms with Gasteiger partial charge in [-0.25, -0.2) is 0 Å². The fourth-order valence-corrected chi connectivity index (χ4v) is 2.82. The minimum Gasteiger partial charge on any atom is -0.401 e. The summed E-state index contributed by atoms with van der Waals surface area (Å²) in [5.74, 6) is -0.0455. The molecule has 0 aliphatic rings. The molecule has 28 heavy (non-hydrogen) atoms. The summed E-state index contributed by atoms with van der Waals surface area (Å²) in [5, 5.41) is 14.7. The van der Waals surface area contributed by atoms with Crippen LogP contribution in [0, 0.1) is 6.92 Å². The smallest absolute Gasteiger partial charge is 0.322 e. The SMILES string of the molecule is Cc1cc(-c2nnc(NC(=O)c3ccc(Cc4ccccc4)cc3)o2)nn1C. The van der Waals surface area contributed by atoms with E-state index in [1.54, 1.807) is 16.8 Å². The van der Waals surface area contributed by atoms with Crippen molar-refractivity contribution < 1.29 is 9.21 Å². The van der Waals surface area contributed by atoms with Gasteiger partial charge in [0.25, 0.3) is 11.8 Å². The number of rotatable bonds is 5. The molecule has 0 fully saturated rings. The third-order valence-electron chi connectivity index (χ3n) is 4.45. The molecule has 0 aliphatic carbocycles. The molecule has 0 aliphatic heterocycles. The number of benzene rings is 2. The van der Waals surface area contributed by atoms with E-state index in [0.29, 0.717) is 11.3 Å². The van der Waals surface area contributed by atoms with Crippen molar-refractivity contribution >= 4 is 11.9 Å². The molecular weight excluding hydrogens is 354 g/mol. The van der Waals surface area contributed by atoms with Gasteiger partial charge in [-0.2, -0.15) is 5.10 Å². The number of anilines is 1. The van der Waals surface area contributed by atoms with Crippen LogP contribution >= 0.6 is 0 Å². The minimum absolute atomic E-state index is 0.0386. The van der Waals surface area contributed by atoms with Gasteiger partial charge in [0.05, 0.1) is 0 Å². The largest absolute Gasteiger partial charge is 0.401 e. The molecule has 7 heteroatoms. The number of carbonyl (C=O) groups is 1. The first-order valence-electron chi connectivity index (χ1n) is 8.87. The van der Waals surface area contributed by atoms with Gasteiger partial charge in [0.2, 0.25) is 0 Å². The molecule has 0 atom stereocenters. The highest BCUT2D eigenvalue weighted by Crippen LogP contribution is 2.19. The van der Waals surface area contributed by atoms with Crippen LogP contribution in [0.1, 0.15) is 27.2 Å². The minimum atomic E-state index is -0.307. The molecule has 0 spiro atoms. The maximum absolute atomic E-state index is 12.4. The predicted octanol–water partition coefficient (Wildman–Crippen LogP) is 3.62. The van der Waals surface area contributed by atoms with Gasteiger partial charge in [-0.1, -0.05) is 47.6 Å². The van der Waals surface area contributed by atoms with E-state index in [1.165, 1.54) is 5.56 Å². The fraction of sp³-hybridized carbons (Fsp3) is 0.143. The molecule has 7 nitrogen and oxygen atoms in total. The molecule has 2 aromatic heterocycles. The van der Waals surface area contributed by atoms with Gasteiger partial charge in [0.15, 0.2) is 0 Å². The second-order valence-corrected chi connectivity index (χ2v) is 6.52. The van der Waals surface area contributed by atoms with E-state index in [4.69, 9.17) is 4.42 Å². The van der Waals surface area contributed by atoms with E-state index in [0.717, 1.165) is 17.7 Å². The summed E-state index contributed by atoms with van der Waals surface area (Å²) in [6.45, 7) is 1.93. The van der Waals surface area contributed by atoms with Crippen LogP contribution in [-0.4, -0.2) is 25.9 Å². The molecule has 0 saturated carbocycles. The van der Waals surface area contributed by atoms with E-state index in [-0.39, 0.29) is 17.8 Å². The highest BCUT2D eigenvalue weighted by Gasteiger charge is 2.15. The molecule has 0 saturated heterocycles. The molecule has 1 amide bonds. The molecule has 2 heterocycles. The van der Waals surface area contributed by atoms with E-state index in [9.17, 15) is 4.79 Å². The Kier molecular flexibility index (Phi) is 4.72. The van der Waals surface area contributed by atoms with Crippen molar-refractivity contribution in [1.29, 1.82) is 0 Å². The third-order valence-corrected chi connectivity index (χ3v) is 4.45. The summed E-state index contributed by atoms with van der Waals surface area (Å²) in [6.07, 6.45) is 0.819. The standard InChI is InChI=1S/C21H19N5O2/c1-14-12-18(25-26(14)2)20-23-24-21(28-20)22-19(27)17-10-8-16(9-11-17)13-15-6-4-3-5-7-15/h3-12H,13H2,1-2H3,(H,22,24,27). The van der Waals surface area contributed by atoms with Crippen LogP contribution in [0.3, 0.4) is 0 Å². The normalized spacial score (nSPS) is 10.8. The lowest BCUT2D eigenvalue weighted by molar-refractivity contribution is 0.102. The number of hydrogen-bond donors (Lipinski definition) is 1. The van der Waals surface area contributed by atoms with E-state index in [2.05, 4.69) is 32.7 Å². The fourth-order valence-electron chi connectivity index (χ4n) is 2.82. The van der Waals surface area contributed by atoms with E-state index < -0.39 is 0 Å². The van der Waals surface area contributed by atoms with Crippen LogP contribution in [0.15, 0.2) is 65.1 Å². The third kappa shape index (κ3) is 3.83. The summed E-state index contributed by atoms with van der Waals surface area (Å²) < 4.78 is 7.22. The lowest BCUT2D eigenvalue weighted by Gasteiger charge is -2.04. The molecule has 1 N–H and O–H groups in total. The Balaban J connectivity index is 1.42. The van der Waals surface area contributed by atoms with Crippen molar-refractivity contribution in [1.82, 2.24) is 20.0 Å². The maximum Gasteiger partial charge on any atom is 0.322 e. The number of hydrogen-bond acceptors (Lipinski definition) is 5. The van der Waals surface area contributed by atoms with Gasteiger partial charge in [0.1, 0.15) is 5.69 Å². The Morgan fingerprint density at radius 3 is 2.43 bits per heavy atom. The number of carbonyl (C=O) groups excluding carboxylic acids is 1. The van der Waals surface area contributed by atoms with Crippen molar-refractivity contribution in [3.05, 3.63) is 83.0 Å². The Bertz CT molecular complexity index is 1080. The van der Waals surface area contributed by atoms with Crippen LogP contribution in [0.5, 0.6) is 0 Å². The summed E-state index contributed by atoms with van der Waals surface area (Å²) in [5.41, 5.74) is 4.41. The molecule has 4 rings (SSSR count). The second-order valence-electron chi connectivity index (χ2n) is 6.52. The van der Waals surface area contributed by atoms with Crippen molar-refractivity contribution in [3.63, 3.8) is 0 Å². The van der Waals surface area contributed by atoms with Gasteiger partial charge in [-0.3, -0.25) is 14.8 Å². The molecular formula is C21H19N5O2. The Morgan fingerprint density at radius 1 is 1.04 bits per heavy atom. The second kappa shape index (κ2) is 7.48. The molecule has 140 valence electrons. The molecule has 2 aromatic carbocycles. The molecule has 4 aromatic rings. The van der Waals surface area contributed by atoms with Crippen molar-refractivity contribution in [3.8, 4) is 11.6 Å². The number of nitrogens with zero attached hydrogens (tertiary/aromatic N) is 4. The number of amides is 1. The summed E-state index contributed by atoms with van der Waals surface area (Å²) >= 11 is 0. The molecule has 0 bridgehead atoms.